The normalized spacial score (nSPS) is 33.1. The zero-order chi connectivity index (χ0) is 31.2. The molecule has 0 aromatic heterocycles. The summed E-state index contributed by atoms with van der Waals surface area (Å²) in [5, 5.41) is 33.4. The van der Waals surface area contributed by atoms with Gasteiger partial charge in [0.25, 0.3) is 0 Å². The van der Waals surface area contributed by atoms with E-state index in [2.05, 4.69) is 12.2 Å². The molecule has 0 aliphatic heterocycles. The second kappa shape index (κ2) is 11.5. The molecule has 10 nitrogen and oxygen atoms in total. The number of phenolic OH excluding ortho intramolecular Hbond substituents is 2. The number of carbonyl (C=O) groups excluding carboxylic acids is 5. The number of allylic oxidation sites excluding steroid dienone is 1. The molecule has 0 spiro atoms. The third-order valence-electron chi connectivity index (χ3n) is 11.0. The lowest BCUT2D eigenvalue weighted by molar-refractivity contribution is -0.173. The van der Waals surface area contributed by atoms with E-state index in [0.29, 0.717) is 31.2 Å². The van der Waals surface area contributed by atoms with Crippen molar-refractivity contribution in [2.24, 2.45) is 28.6 Å². The second-order valence-corrected chi connectivity index (χ2v) is 13.3. The number of nitrogens with one attached hydrogen (secondary N) is 1. The molecule has 3 unspecified atom stereocenters. The number of aliphatic hydroxyl groups is 1. The van der Waals surface area contributed by atoms with Crippen molar-refractivity contribution in [1.82, 2.24) is 5.32 Å². The third kappa shape index (κ3) is 5.50. The summed E-state index contributed by atoms with van der Waals surface area (Å²) in [4.78, 5) is 63.7. The zero-order valence-corrected chi connectivity index (χ0v) is 24.8. The number of rotatable bonds is 9. The summed E-state index contributed by atoms with van der Waals surface area (Å²) in [6, 6.07) is 4.39. The van der Waals surface area contributed by atoms with Crippen molar-refractivity contribution in [3.05, 3.63) is 35.4 Å². The molecular weight excluding hydrogens is 554 g/mol. The predicted octanol–water partition coefficient (Wildman–Crippen LogP) is 3.09. The first-order valence-electron chi connectivity index (χ1n) is 15.2. The Balaban J connectivity index is 1.13. The average molecular weight is 596 g/mol. The van der Waals surface area contributed by atoms with Gasteiger partial charge in [-0.15, -0.1) is 0 Å². The van der Waals surface area contributed by atoms with Crippen LogP contribution in [0.3, 0.4) is 0 Å². The number of benzene rings is 1. The quantitative estimate of drug-likeness (QED) is 0.248. The van der Waals surface area contributed by atoms with Gasteiger partial charge in [-0.3, -0.25) is 24.0 Å². The number of carbonyl (C=O) groups is 5. The monoisotopic (exact) mass is 595 g/mol. The van der Waals surface area contributed by atoms with Crippen LogP contribution in [-0.4, -0.2) is 63.3 Å². The topological polar surface area (TPSA) is 167 Å². The third-order valence-corrected chi connectivity index (χ3v) is 11.0. The maximum absolute atomic E-state index is 13.7. The summed E-state index contributed by atoms with van der Waals surface area (Å²) in [7, 11) is 0. The maximum atomic E-state index is 13.7. The Labute approximate surface area is 250 Å². The minimum atomic E-state index is -1.79. The van der Waals surface area contributed by atoms with Crippen molar-refractivity contribution in [3.8, 4) is 11.5 Å². The Morgan fingerprint density at radius 1 is 1.02 bits per heavy atom. The highest BCUT2D eigenvalue weighted by molar-refractivity contribution is 5.95. The summed E-state index contributed by atoms with van der Waals surface area (Å²) in [6.45, 7) is 3.55. The Kier molecular flexibility index (Phi) is 8.28. The fraction of sp³-hybridized carbons (Fsp3) is 0.606. The molecule has 6 atom stereocenters. The summed E-state index contributed by atoms with van der Waals surface area (Å²) >= 11 is 0. The van der Waals surface area contributed by atoms with Crippen LogP contribution >= 0.6 is 0 Å². The highest BCUT2D eigenvalue weighted by Gasteiger charge is 2.68. The Bertz CT molecular complexity index is 1380. The number of ketones is 3. The molecular formula is C33H41NO9. The van der Waals surface area contributed by atoms with Gasteiger partial charge in [0.2, 0.25) is 11.7 Å². The minimum absolute atomic E-state index is 0.0178. The molecule has 4 N–H and O–H groups in total. The molecule has 0 bridgehead atoms. The number of ether oxygens (including phenoxy) is 1. The van der Waals surface area contributed by atoms with E-state index in [4.69, 9.17) is 4.74 Å². The van der Waals surface area contributed by atoms with E-state index in [1.165, 1.54) is 12.1 Å². The van der Waals surface area contributed by atoms with Crippen LogP contribution in [0.5, 0.6) is 11.5 Å². The van der Waals surface area contributed by atoms with Crippen molar-refractivity contribution in [2.75, 3.05) is 13.2 Å². The molecule has 0 radical (unpaired) electrons. The lowest BCUT2D eigenvalue weighted by Gasteiger charge is -2.57. The van der Waals surface area contributed by atoms with Gasteiger partial charge in [-0.1, -0.05) is 25.5 Å². The van der Waals surface area contributed by atoms with E-state index in [-0.39, 0.29) is 84.4 Å². The van der Waals surface area contributed by atoms with Crippen molar-refractivity contribution in [2.45, 2.75) is 83.7 Å². The lowest BCUT2D eigenvalue weighted by atomic mass is 9.46. The van der Waals surface area contributed by atoms with Crippen LogP contribution in [0, 0.1) is 28.6 Å². The van der Waals surface area contributed by atoms with Crippen molar-refractivity contribution in [3.63, 3.8) is 0 Å². The molecule has 3 saturated carbocycles. The minimum Gasteiger partial charge on any atom is -0.504 e. The average Bonchev–Trinajstić information content (AvgIpc) is 3.23. The molecule has 1 aromatic rings. The van der Waals surface area contributed by atoms with Gasteiger partial charge in [-0.25, -0.2) is 0 Å². The largest absolute Gasteiger partial charge is 0.504 e. The number of esters is 1. The molecule has 1 aromatic carbocycles. The Morgan fingerprint density at radius 2 is 1.79 bits per heavy atom. The number of aromatic hydroxyl groups is 2. The van der Waals surface area contributed by atoms with Gasteiger partial charge in [-0.2, -0.15) is 0 Å². The van der Waals surface area contributed by atoms with Crippen molar-refractivity contribution < 1.29 is 44.0 Å². The number of hydrogen-bond acceptors (Lipinski definition) is 9. The molecule has 232 valence electrons. The van der Waals surface area contributed by atoms with E-state index >= 15 is 0 Å². The van der Waals surface area contributed by atoms with E-state index in [0.717, 1.165) is 18.4 Å². The molecule has 5 rings (SSSR count). The van der Waals surface area contributed by atoms with Gasteiger partial charge >= 0.3 is 5.97 Å². The fourth-order valence-corrected chi connectivity index (χ4v) is 8.56. The van der Waals surface area contributed by atoms with Crippen LogP contribution in [0.25, 0.3) is 0 Å². The summed E-state index contributed by atoms with van der Waals surface area (Å²) in [6.07, 6.45) is 5.18. The first kappa shape index (κ1) is 30.9. The van der Waals surface area contributed by atoms with Crippen molar-refractivity contribution in [1.29, 1.82) is 0 Å². The summed E-state index contributed by atoms with van der Waals surface area (Å²) in [5.41, 5.74) is -1.35. The van der Waals surface area contributed by atoms with Crippen LogP contribution in [0.4, 0.5) is 0 Å². The van der Waals surface area contributed by atoms with Crippen molar-refractivity contribution >= 4 is 29.2 Å². The first-order valence-corrected chi connectivity index (χ1v) is 15.2. The first-order chi connectivity index (χ1) is 20.3. The number of fused-ring (bicyclic) bond motifs is 5. The number of amides is 1. The Morgan fingerprint density at radius 3 is 2.53 bits per heavy atom. The molecule has 4 aliphatic rings. The Hall–Kier alpha value is -3.53. The summed E-state index contributed by atoms with van der Waals surface area (Å²) in [5.74, 6) is -2.31. The van der Waals surface area contributed by atoms with Gasteiger partial charge in [0.15, 0.2) is 23.9 Å². The highest BCUT2D eigenvalue weighted by atomic mass is 16.5. The zero-order valence-electron chi connectivity index (χ0n) is 24.8. The SMILES string of the molecule is C[C@]12CCC(=O)C=C1CCC1C2C(=O)C[C@@]2(C)C1CC[C@]2(O)C(=O)COC(=O)CCC(=O)NCCc1ccc(O)c(O)c1. The van der Waals surface area contributed by atoms with Gasteiger partial charge in [0.1, 0.15) is 11.4 Å². The molecule has 10 heteroatoms. The predicted molar refractivity (Wildman–Crippen MR) is 154 cm³/mol. The summed E-state index contributed by atoms with van der Waals surface area (Å²) < 4.78 is 5.18. The molecule has 0 saturated heterocycles. The number of hydrogen-bond donors (Lipinski definition) is 4. The molecule has 4 aliphatic carbocycles. The molecule has 3 fully saturated rings. The van der Waals surface area contributed by atoms with Gasteiger partial charge < -0.3 is 25.4 Å². The smallest absolute Gasteiger partial charge is 0.306 e. The van der Waals surface area contributed by atoms with E-state index in [1.807, 2.05) is 6.92 Å². The maximum Gasteiger partial charge on any atom is 0.306 e. The van der Waals surface area contributed by atoms with E-state index in [1.54, 1.807) is 12.1 Å². The molecule has 1 amide bonds. The van der Waals surface area contributed by atoms with Gasteiger partial charge in [0.05, 0.1) is 6.42 Å². The van der Waals surface area contributed by atoms with Crippen LogP contribution in [0.2, 0.25) is 0 Å². The van der Waals surface area contributed by atoms with Crippen LogP contribution < -0.4 is 5.32 Å². The van der Waals surface area contributed by atoms with Gasteiger partial charge in [0, 0.05) is 37.1 Å². The van der Waals surface area contributed by atoms with Crippen LogP contribution in [0.1, 0.15) is 77.2 Å². The standard InChI is InChI=1S/C33H41NO9/c1-31-12-9-21(35)16-20(31)4-5-22-23-10-13-33(42,32(23,2)17-26(38)30(22)31)27(39)18-43-29(41)8-7-28(40)34-14-11-19-3-6-24(36)25(37)15-19/h3,6,15-16,22-23,30,36-37,42H,4-5,7-14,17-18H2,1-2H3,(H,34,40)/t22?,23?,30?,31-,32-,33-/m0/s1. The van der Waals surface area contributed by atoms with Gasteiger partial charge in [-0.05, 0) is 79.5 Å². The van der Waals surface area contributed by atoms with E-state index < -0.39 is 29.4 Å². The number of phenols is 2. The van der Waals surface area contributed by atoms with Crippen LogP contribution in [-0.2, 0) is 35.1 Å². The fourth-order valence-electron chi connectivity index (χ4n) is 8.56. The second-order valence-electron chi connectivity index (χ2n) is 13.3. The van der Waals surface area contributed by atoms with Crippen LogP contribution in [0.15, 0.2) is 29.8 Å². The lowest BCUT2D eigenvalue weighted by Crippen LogP contribution is -2.61. The molecule has 0 heterocycles. The molecule has 43 heavy (non-hydrogen) atoms. The number of Topliss-reactive ketones (excluding diaryl/α,β-unsaturated/α-hetero) is 2. The van der Waals surface area contributed by atoms with E-state index in [9.17, 15) is 39.3 Å². The highest BCUT2D eigenvalue weighted by Crippen LogP contribution is 2.66.